The van der Waals surface area contributed by atoms with Crippen LogP contribution in [-0.2, 0) is 4.74 Å². The van der Waals surface area contributed by atoms with Crippen molar-refractivity contribution in [3.63, 3.8) is 0 Å². The molecule has 1 heterocycles. The highest BCUT2D eigenvalue weighted by molar-refractivity contribution is 4.71. The second-order valence-electron chi connectivity index (χ2n) is 1.86. The van der Waals surface area contributed by atoms with Gasteiger partial charge in [0.2, 0.25) is 0 Å². The zero-order chi connectivity index (χ0) is 6.53. The lowest BCUT2D eigenvalue weighted by Crippen LogP contribution is -2.42. The predicted molar refractivity (Wildman–Crippen MR) is 34.9 cm³/mol. The molecule has 0 aliphatic carbocycles. The zero-order valence-corrected chi connectivity index (χ0v) is 5.34. The van der Waals surface area contributed by atoms with Crippen molar-refractivity contribution in [2.24, 2.45) is 0 Å². The maximum atomic E-state index is 5.22. The van der Waals surface area contributed by atoms with Crippen LogP contribution in [0.2, 0.25) is 0 Å². The number of hydrogen-bond acceptors (Lipinski definition) is 2. The summed E-state index contributed by atoms with van der Waals surface area (Å²) in [6, 6.07) is 0. The second kappa shape index (κ2) is 3.48. The Morgan fingerprint density at radius 1 is 1.78 bits per heavy atom. The second-order valence-corrected chi connectivity index (χ2v) is 1.86. The van der Waals surface area contributed by atoms with Gasteiger partial charge in [-0.2, -0.15) is 0 Å². The van der Waals surface area contributed by atoms with Gasteiger partial charge in [0.05, 0.1) is 6.61 Å². The zero-order valence-electron chi connectivity index (χ0n) is 5.34. The molecule has 0 spiro atoms. The molecule has 0 saturated carbocycles. The summed E-state index contributed by atoms with van der Waals surface area (Å²) >= 11 is 0. The highest BCUT2D eigenvalue weighted by Crippen LogP contribution is 1.91. The van der Waals surface area contributed by atoms with Gasteiger partial charge in [-0.05, 0) is 0 Å². The van der Waals surface area contributed by atoms with Gasteiger partial charge in [0, 0.05) is 19.3 Å². The molecule has 1 N–H and O–H groups in total. The third-order valence-corrected chi connectivity index (χ3v) is 1.18. The number of nitrogens with one attached hydrogen (secondary N) is 1. The minimum Gasteiger partial charge on any atom is -0.354 e. The van der Waals surface area contributed by atoms with Crippen molar-refractivity contribution in [2.45, 2.75) is 6.23 Å². The lowest BCUT2D eigenvalue weighted by molar-refractivity contribution is 0.0136. The average Bonchev–Trinajstić information content (AvgIpc) is 1.91. The van der Waals surface area contributed by atoms with Crippen LogP contribution in [0, 0.1) is 0 Å². The van der Waals surface area contributed by atoms with E-state index in [-0.39, 0.29) is 6.23 Å². The van der Waals surface area contributed by atoms with Gasteiger partial charge in [-0.15, -0.1) is 0 Å². The van der Waals surface area contributed by atoms with Gasteiger partial charge in [-0.1, -0.05) is 6.58 Å². The van der Waals surface area contributed by atoms with Crippen molar-refractivity contribution in [1.29, 1.82) is 0 Å². The summed E-state index contributed by atoms with van der Waals surface area (Å²) in [6.45, 7) is 5.98. The van der Waals surface area contributed by atoms with E-state index in [2.05, 4.69) is 17.2 Å². The quantitative estimate of drug-likeness (QED) is 0.551. The van der Waals surface area contributed by atoms with Gasteiger partial charge in [-0.3, -0.25) is 5.32 Å². The highest BCUT2D eigenvalue weighted by atomic mass is 16.5. The Hall–Kier alpha value is -0.540. The summed E-state index contributed by atoms with van der Waals surface area (Å²) in [4.78, 5) is 0. The highest BCUT2D eigenvalue weighted by Gasteiger charge is 2.10. The van der Waals surface area contributed by atoms with Gasteiger partial charge in [-0.25, -0.2) is 0 Å². The third kappa shape index (κ3) is 2.03. The molecule has 0 amide bonds. The van der Waals surface area contributed by atoms with E-state index in [1.165, 1.54) is 6.20 Å². The van der Waals surface area contributed by atoms with E-state index in [1.807, 2.05) is 0 Å². The number of morpholine rings is 1. The monoisotopic (exact) mass is 127 g/mol. The van der Waals surface area contributed by atoms with E-state index in [1.54, 1.807) is 0 Å². The van der Waals surface area contributed by atoms with Crippen molar-refractivity contribution in [2.75, 3.05) is 19.7 Å². The van der Waals surface area contributed by atoms with Crippen LogP contribution < -0.4 is 10.6 Å². The molecule has 3 heteroatoms. The Morgan fingerprint density at radius 3 is 3.22 bits per heavy atom. The van der Waals surface area contributed by atoms with Crippen LogP contribution in [0.25, 0.3) is 0 Å². The van der Waals surface area contributed by atoms with Gasteiger partial charge in [0.25, 0.3) is 0 Å². The van der Waals surface area contributed by atoms with Crippen LogP contribution in [0.15, 0.2) is 12.8 Å². The predicted octanol–water partition coefficient (Wildman–Crippen LogP) is -0.320. The number of hydrogen-bond donors (Lipinski definition) is 1. The Balaban J connectivity index is 2.15. The maximum absolute atomic E-state index is 5.22. The smallest absolute Gasteiger partial charge is 0.160 e. The summed E-state index contributed by atoms with van der Waals surface area (Å²) in [7, 11) is 0. The maximum Gasteiger partial charge on any atom is 0.160 e. The van der Waals surface area contributed by atoms with Gasteiger partial charge in [0.1, 0.15) is 0 Å². The van der Waals surface area contributed by atoms with E-state index in [0.717, 1.165) is 19.7 Å². The normalized spacial score (nSPS) is 27.3. The lowest BCUT2D eigenvalue weighted by atomic mass is 10.4. The van der Waals surface area contributed by atoms with Gasteiger partial charge in [0.15, 0.2) is 6.23 Å². The van der Waals surface area contributed by atoms with Crippen LogP contribution in [0.1, 0.15) is 0 Å². The molecular weight excluding hydrogens is 116 g/mol. The molecule has 1 saturated heterocycles. The molecule has 1 unspecified atom stereocenters. The van der Waals surface area contributed by atoms with Crippen LogP contribution in [0.3, 0.4) is 0 Å². The molecule has 0 aromatic rings. The van der Waals surface area contributed by atoms with Crippen molar-refractivity contribution < 1.29 is 4.74 Å². The number of nitrogens with zero attached hydrogens (tertiary/aromatic N) is 1. The molecule has 1 rings (SSSR count). The molecule has 1 atom stereocenters. The van der Waals surface area contributed by atoms with E-state index >= 15 is 0 Å². The molecule has 0 aromatic heterocycles. The molecule has 0 aromatic carbocycles. The van der Waals surface area contributed by atoms with Crippen molar-refractivity contribution in [3.05, 3.63) is 12.8 Å². The molecule has 1 fully saturated rings. The minimum absolute atomic E-state index is 0.00347. The topological polar surface area (TPSA) is 35.4 Å². The molecule has 9 heavy (non-hydrogen) atoms. The summed E-state index contributed by atoms with van der Waals surface area (Å²) in [5.74, 6) is 0. The number of rotatable bonds is 2. The Morgan fingerprint density at radius 2 is 2.67 bits per heavy atom. The van der Waals surface area contributed by atoms with Crippen LogP contribution in [-0.4, -0.2) is 25.9 Å². The van der Waals surface area contributed by atoms with E-state index in [4.69, 9.17) is 4.74 Å². The van der Waals surface area contributed by atoms with Crippen LogP contribution >= 0.6 is 0 Å². The first-order valence-corrected chi connectivity index (χ1v) is 3.06. The minimum atomic E-state index is -0.00347. The molecule has 51 valence electrons. The first kappa shape index (κ1) is 6.58. The third-order valence-electron chi connectivity index (χ3n) is 1.18. The SMILES string of the molecule is C=C[N]C1CNCCO1. The molecule has 1 radical (unpaired) electrons. The fraction of sp³-hybridized carbons (Fsp3) is 0.667. The molecule has 1 aliphatic rings. The van der Waals surface area contributed by atoms with E-state index in [9.17, 15) is 0 Å². The van der Waals surface area contributed by atoms with E-state index < -0.39 is 0 Å². The first-order chi connectivity index (χ1) is 4.43. The average molecular weight is 127 g/mol. The van der Waals surface area contributed by atoms with Gasteiger partial charge < -0.3 is 10.1 Å². The summed E-state index contributed by atoms with van der Waals surface area (Å²) in [6.07, 6.45) is 1.52. The Kier molecular flexibility index (Phi) is 2.54. The standard InChI is InChI=1S/C6H11N2O/c1-2-8-6-5-7-3-4-9-6/h2,6-7H,1,3-5H2. The van der Waals surface area contributed by atoms with Gasteiger partial charge >= 0.3 is 0 Å². The van der Waals surface area contributed by atoms with Crippen molar-refractivity contribution in [1.82, 2.24) is 10.6 Å². The van der Waals surface area contributed by atoms with E-state index in [0.29, 0.717) is 0 Å². The Bertz CT molecular complexity index is 89.1. The Labute approximate surface area is 55.1 Å². The van der Waals surface area contributed by atoms with Crippen LogP contribution in [0.4, 0.5) is 0 Å². The van der Waals surface area contributed by atoms with Crippen molar-refractivity contribution >= 4 is 0 Å². The lowest BCUT2D eigenvalue weighted by Gasteiger charge is -2.21. The molecular formula is C6H11N2O. The molecule has 3 nitrogen and oxygen atoms in total. The molecule has 0 bridgehead atoms. The molecule has 1 aliphatic heterocycles. The summed E-state index contributed by atoms with van der Waals surface area (Å²) < 4.78 is 5.22. The largest absolute Gasteiger partial charge is 0.354 e. The summed E-state index contributed by atoms with van der Waals surface area (Å²) in [5.41, 5.74) is 0. The first-order valence-electron chi connectivity index (χ1n) is 3.06. The summed E-state index contributed by atoms with van der Waals surface area (Å²) in [5, 5.41) is 7.12. The van der Waals surface area contributed by atoms with Crippen LogP contribution in [0.5, 0.6) is 0 Å². The van der Waals surface area contributed by atoms with Crippen molar-refractivity contribution in [3.8, 4) is 0 Å². The number of ether oxygens (including phenoxy) is 1. The fourth-order valence-electron chi connectivity index (χ4n) is 0.765. The fourth-order valence-corrected chi connectivity index (χ4v) is 0.765.